The molecule has 2 unspecified atom stereocenters. The first-order valence-corrected chi connectivity index (χ1v) is 5.15. The zero-order valence-corrected chi connectivity index (χ0v) is 8.48. The molecule has 0 heterocycles. The van der Waals surface area contributed by atoms with E-state index in [0.717, 1.165) is 6.42 Å². The van der Waals surface area contributed by atoms with Crippen molar-refractivity contribution in [1.82, 2.24) is 5.32 Å². The molecule has 2 aliphatic carbocycles. The van der Waals surface area contributed by atoms with Crippen molar-refractivity contribution in [2.45, 2.75) is 30.1 Å². The third-order valence-electron chi connectivity index (χ3n) is 2.64. The average molecular weight is 254 g/mol. The van der Waals surface area contributed by atoms with E-state index >= 15 is 0 Å². The van der Waals surface area contributed by atoms with Gasteiger partial charge in [-0.1, -0.05) is 0 Å². The molecule has 2 nitrogen and oxygen atoms in total. The molecule has 1 amide bonds. The molecule has 2 rings (SSSR count). The van der Waals surface area contributed by atoms with Crippen LogP contribution in [0.1, 0.15) is 19.3 Å². The Morgan fingerprint density at radius 3 is 2.54 bits per heavy atom. The Kier molecular flexibility index (Phi) is 2.09. The van der Waals surface area contributed by atoms with Gasteiger partial charge in [-0.25, -0.2) is 0 Å². The largest absolute Gasteiger partial charge is 0.377 e. The van der Waals surface area contributed by atoms with E-state index < -0.39 is 10.7 Å². The predicted molar refractivity (Wildman–Crippen MR) is 46.6 cm³/mol. The van der Waals surface area contributed by atoms with E-state index in [0.29, 0.717) is 11.8 Å². The molecule has 5 heteroatoms. The number of rotatable bonds is 3. The number of carbonyl (C=O) groups excluding carboxylic acids is 1. The first-order valence-electron chi connectivity index (χ1n) is 4.36. The van der Waals surface area contributed by atoms with Crippen LogP contribution in [-0.4, -0.2) is 16.8 Å². The van der Waals surface area contributed by atoms with Gasteiger partial charge in [-0.15, -0.1) is 0 Å². The quantitative estimate of drug-likeness (QED) is 0.765. The van der Waals surface area contributed by atoms with E-state index in [9.17, 15) is 13.6 Å². The minimum atomic E-state index is -3.41. The third kappa shape index (κ3) is 2.18. The lowest BCUT2D eigenvalue weighted by atomic mass is 10.3. The van der Waals surface area contributed by atoms with Crippen LogP contribution in [0.3, 0.4) is 0 Å². The summed E-state index contributed by atoms with van der Waals surface area (Å²) in [5.74, 6) is -0.0475. The van der Waals surface area contributed by atoms with Crippen molar-refractivity contribution in [3.05, 3.63) is 0 Å². The molecule has 2 atom stereocenters. The van der Waals surface area contributed by atoms with E-state index in [-0.39, 0.29) is 6.04 Å². The van der Waals surface area contributed by atoms with Gasteiger partial charge in [-0.3, -0.25) is 4.79 Å². The maximum absolute atomic E-state index is 12.4. The molecule has 1 N–H and O–H groups in total. The third-order valence-corrected chi connectivity index (χ3v) is 3.00. The molecule has 0 aromatic carbocycles. The average Bonchev–Trinajstić information content (AvgIpc) is 2.77. The first-order chi connectivity index (χ1) is 5.98. The van der Waals surface area contributed by atoms with Crippen LogP contribution in [0.2, 0.25) is 0 Å². The zero-order valence-electron chi connectivity index (χ0n) is 6.90. The minimum absolute atomic E-state index is 0.00317. The Morgan fingerprint density at radius 1 is 1.46 bits per heavy atom. The van der Waals surface area contributed by atoms with E-state index in [4.69, 9.17) is 0 Å². The molecule has 2 fully saturated rings. The summed E-state index contributed by atoms with van der Waals surface area (Å²) in [6.45, 7) is 0. The second-order valence-corrected chi connectivity index (χ2v) is 4.81. The first kappa shape index (κ1) is 9.37. The highest BCUT2D eigenvalue weighted by Gasteiger charge is 2.50. The van der Waals surface area contributed by atoms with Gasteiger partial charge in [0.05, 0.1) is 0 Å². The van der Waals surface area contributed by atoms with Crippen LogP contribution < -0.4 is 5.32 Å². The number of amides is 1. The molecule has 0 aromatic rings. The van der Waals surface area contributed by atoms with E-state index in [2.05, 4.69) is 5.32 Å². The second-order valence-electron chi connectivity index (χ2n) is 3.81. The van der Waals surface area contributed by atoms with Crippen LogP contribution in [0.4, 0.5) is 8.78 Å². The highest BCUT2D eigenvalue weighted by Crippen LogP contribution is 2.50. The van der Waals surface area contributed by atoms with Gasteiger partial charge >= 0.3 is 10.7 Å². The molecule has 0 aliphatic heterocycles. The lowest BCUT2D eigenvalue weighted by Crippen LogP contribution is -2.37. The Bertz CT molecular complexity index is 237. The van der Waals surface area contributed by atoms with E-state index in [1.165, 1.54) is 12.8 Å². The van der Waals surface area contributed by atoms with Gasteiger partial charge in [0.2, 0.25) is 0 Å². The van der Waals surface area contributed by atoms with Crippen LogP contribution in [0, 0.1) is 11.8 Å². The number of hydrogen-bond acceptors (Lipinski definition) is 1. The van der Waals surface area contributed by atoms with E-state index in [1.807, 2.05) is 15.9 Å². The van der Waals surface area contributed by atoms with Crippen LogP contribution in [0.15, 0.2) is 0 Å². The summed E-state index contributed by atoms with van der Waals surface area (Å²) in [5.41, 5.74) is 0. The zero-order chi connectivity index (χ0) is 9.64. The topological polar surface area (TPSA) is 29.1 Å². The smallest absolute Gasteiger partial charge is 0.347 e. The Hall–Kier alpha value is -0.190. The van der Waals surface area contributed by atoms with Crippen molar-refractivity contribution in [2.24, 2.45) is 11.8 Å². The Balaban J connectivity index is 1.77. The molecule has 0 spiro atoms. The van der Waals surface area contributed by atoms with Crippen LogP contribution in [0.25, 0.3) is 0 Å². The molecule has 13 heavy (non-hydrogen) atoms. The summed E-state index contributed by atoms with van der Waals surface area (Å²) in [7, 11) is 0. The summed E-state index contributed by atoms with van der Waals surface area (Å²) in [6, 6.07) is 0.00317. The molecule has 74 valence electrons. The molecular formula is C8H10BrF2NO. The van der Waals surface area contributed by atoms with Gasteiger partial charge < -0.3 is 5.32 Å². The van der Waals surface area contributed by atoms with Crippen molar-refractivity contribution in [2.75, 3.05) is 0 Å². The SMILES string of the molecule is O=C(NC1CC1C1CC1)C(F)(F)Br. The van der Waals surface area contributed by atoms with Gasteiger partial charge in [0.15, 0.2) is 0 Å². The van der Waals surface area contributed by atoms with Gasteiger partial charge in [0.1, 0.15) is 0 Å². The molecule has 0 aromatic heterocycles. The van der Waals surface area contributed by atoms with Gasteiger partial charge in [0.25, 0.3) is 0 Å². The summed E-state index contributed by atoms with van der Waals surface area (Å²) in [6.07, 6.45) is 3.27. The maximum Gasteiger partial charge on any atom is 0.377 e. The second kappa shape index (κ2) is 2.90. The predicted octanol–water partition coefficient (Wildman–Crippen LogP) is 1.89. The fourth-order valence-electron chi connectivity index (χ4n) is 1.68. The summed E-state index contributed by atoms with van der Waals surface area (Å²) < 4.78 is 24.7. The lowest BCUT2D eigenvalue weighted by molar-refractivity contribution is -0.134. The number of hydrogen-bond donors (Lipinski definition) is 1. The van der Waals surface area contributed by atoms with E-state index in [1.54, 1.807) is 0 Å². The van der Waals surface area contributed by atoms with Crippen molar-refractivity contribution in [3.63, 3.8) is 0 Å². The monoisotopic (exact) mass is 253 g/mol. The molecule has 0 bridgehead atoms. The normalized spacial score (nSPS) is 32.8. The van der Waals surface area contributed by atoms with Crippen molar-refractivity contribution in [3.8, 4) is 0 Å². The van der Waals surface area contributed by atoms with Gasteiger partial charge in [-0.2, -0.15) is 8.78 Å². The minimum Gasteiger partial charge on any atom is -0.347 e. The Labute approximate surface area is 83.2 Å². The number of nitrogens with one attached hydrogen (secondary N) is 1. The highest BCUT2D eigenvalue weighted by molar-refractivity contribution is 9.10. The number of carbonyl (C=O) groups is 1. The van der Waals surface area contributed by atoms with Crippen LogP contribution in [0.5, 0.6) is 0 Å². The van der Waals surface area contributed by atoms with Gasteiger partial charge in [-0.05, 0) is 31.1 Å². The summed E-state index contributed by atoms with van der Waals surface area (Å²) >= 11 is 2.03. The fourth-order valence-corrected chi connectivity index (χ4v) is 1.79. The summed E-state index contributed by atoms with van der Waals surface area (Å²) in [4.78, 5) is 7.38. The van der Waals surface area contributed by atoms with Crippen molar-refractivity contribution in [1.29, 1.82) is 0 Å². The molecule has 2 aliphatic rings. The standard InChI is InChI=1S/C8H10BrF2NO/c9-8(10,11)7(13)12-6-3-5(6)4-1-2-4/h4-6H,1-3H2,(H,12,13). The highest BCUT2D eigenvalue weighted by atomic mass is 79.9. The molecule has 0 saturated heterocycles. The van der Waals surface area contributed by atoms with Crippen molar-refractivity contribution < 1.29 is 13.6 Å². The van der Waals surface area contributed by atoms with Gasteiger partial charge in [0, 0.05) is 22.0 Å². The molecule has 2 saturated carbocycles. The fraction of sp³-hybridized carbons (Fsp3) is 0.875. The van der Waals surface area contributed by atoms with Crippen LogP contribution in [-0.2, 0) is 4.79 Å². The molecular weight excluding hydrogens is 244 g/mol. The maximum atomic E-state index is 12.4. The lowest BCUT2D eigenvalue weighted by Gasteiger charge is -2.08. The summed E-state index contributed by atoms with van der Waals surface area (Å²) in [5, 5.41) is 2.33. The van der Waals surface area contributed by atoms with Crippen LogP contribution >= 0.6 is 15.9 Å². The number of alkyl halides is 3. The molecule has 0 radical (unpaired) electrons. The van der Waals surface area contributed by atoms with Crippen molar-refractivity contribution >= 4 is 21.8 Å². The number of halogens is 3. The Morgan fingerprint density at radius 2 is 2.08 bits per heavy atom.